The van der Waals surface area contributed by atoms with Gasteiger partial charge in [0.15, 0.2) is 5.69 Å². The van der Waals surface area contributed by atoms with E-state index in [2.05, 4.69) is 34.8 Å². The normalized spacial score (nSPS) is 12.1. The Hall–Kier alpha value is -1.80. The largest absolute Gasteiger partial charge is 0.381 e. The van der Waals surface area contributed by atoms with Crippen LogP contribution < -0.4 is 5.32 Å². The second-order valence-electron chi connectivity index (χ2n) is 3.98. The van der Waals surface area contributed by atoms with Crippen molar-refractivity contribution in [1.82, 2.24) is 10.2 Å². The van der Waals surface area contributed by atoms with E-state index in [1.165, 1.54) is 0 Å². The fraction of sp³-hybridized carbons (Fsp3) is 0.308. The SMILES string of the molecule is CSC(C)CNc1c(C#N)nnc2ccccc12. The zero-order valence-electron chi connectivity index (χ0n) is 10.3. The van der Waals surface area contributed by atoms with Gasteiger partial charge in [0.25, 0.3) is 0 Å². The maximum Gasteiger partial charge on any atom is 0.186 e. The third-order valence-corrected chi connectivity index (χ3v) is 3.71. The van der Waals surface area contributed by atoms with E-state index in [-0.39, 0.29) is 0 Å². The van der Waals surface area contributed by atoms with E-state index in [9.17, 15) is 0 Å². The van der Waals surface area contributed by atoms with E-state index in [1.54, 1.807) is 11.8 Å². The average molecular weight is 258 g/mol. The third-order valence-electron chi connectivity index (χ3n) is 2.74. The fourth-order valence-electron chi connectivity index (χ4n) is 1.64. The van der Waals surface area contributed by atoms with Crippen molar-refractivity contribution in [1.29, 1.82) is 5.26 Å². The summed E-state index contributed by atoms with van der Waals surface area (Å²) < 4.78 is 0. The lowest BCUT2D eigenvalue weighted by atomic mass is 10.1. The molecule has 0 aliphatic rings. The van der Waals surface area contributed by atoms with E-state index in [4.69, 9.17) is 5.26 Å². The number of nitrogens with one attached hydrogen (secondary N) is 1. The summed E-state index contributed by atoms with van der Waals surface area (Å²) in [5.41, 5.74) is 1.93. The van der Waals surface area contributed by atoms with Crippen molar-refractivity contribution >= 4 is 28.4 Å². The average Bonchev–Trinajstić information content (AvgIpc) is 2.44. The minimum atomic E-state index is 0.349. The fourth-order valence-corrected chi connectivity index (χ4v) is 1.89. The summed E-state index contributed by atoms with van der Waals surface area (Å²) >= 11 is 1.78. The molecule has 92 valence electrons. The van der Waals surface area contributed by atoms with Gasteiger partial charge in [-0.1, -0.05) is 25.1 Å². The predicted molar refractivity (Wildman–Crippen MR) is 75.7 cm³/mol. The summed E-state index contributed by atoms with van der Waals surface area (Å²) in [5.74, 6) is 0. The maximum absolute atomic E-state index is 9.10. The van der Waals surface area contributed by atoms with Crippen LogP contribution in [-0.4, -0.2) is 28.2 Å². The minimum Gasteiger partial charge on any atom is -0.381 e. The van der Waals surface area contributed by atoms with E-state index in [0.717, 1.165) is 23.1 Å². The van der Waals surface area contributed by atoms with Crippen molar-refractivity contribution in [2.75, 3.05) is 18.1 Å². The van der Waals surface area contributed by atoms with Gasteiger partial charge in [0.05, 0.1) is 11.2 Å². The molecule has 0 saturated carbocycles. The zero-order chi connectivity index (χ0) is 13.0. The van der Waals surface area contributed by atoms with E-state index >= 15 is 0 Å². The van der Waals surface area contributed by atoms with Crippen LogP contribution in [0, 0.1) is 11.3 Å². The highest BCUT2D eigenvalue weighted by Crippen LogP contribution is 2.24. The van der Waals surface area contributed by atoms with Gasteiger partial charge in [-0.2, -0.15) is 17.0 Å². The highest BCUT2D eigenvalue weighted by Gasteiger charge is 2.10. The molecule has 2 aromatic rings. The van der Waals surface area contributed by atoms with Crippen LogP contribution in [0.15, 0.2) is 24.3 Å². The molecule has 0 saturated heterocycles. The molecule has 1 N–H and O–H groups in total. The monoisotopic (exact) mass is 258 g/mol. The molecule has 1 unspecified atom stereocenters. The quantitative estimate of drug-likeness (QED) is 0.913. The van der Waals surface area contributed by atoms with Crippen molar-refractivity contribution in [3.05, 3.63) is 30.0 Å². The summed E-state index contributed by atoms with van der Waals surface area (Å²) in [5, 5.41) is 21.8. The smallest absolute Gasteiger partial charge is 0.186 e. The van der Waals surface area contributed by atoms with Gasteiger partial charge in [-0.05, 0) is 12.3 Å². The molecule has 0 spiro atoms. The van der Waals surface area contributed by atoms with Gasteiger partial charge >= 0.3 is 0 Å². The maximum atomic E-state index is 9.10. The number of rotatable bonds is 4. The van der Waals surface area contributed by atoms with Crippen LogP contribution in [0.5, 0.6) is 0 Å². The predicted octanol–water partition coefficient (Wildman–Crippen LogP) is 2.66. The number of fused-ring (bicyclic) bond motifs is 1. The van der Waals surface area contributed by atoms with Crippen LogP contribution in [0.25, 0.3) is 10.9 Å². The molecule has 0 fully saturated rings. The van der Waals surface area contributed by atoms with Crippen molar-refractivity contribution in [2.45, 2.75) is 12.2 Å². The number of anilines is 1. The Morgan fingerprint density at radius 3 is 2.89 bits per heavy atom. The topological polar surface area (TPSA) is 61.6 Å². The van der Waals surface area contributed by atoms with Crippen LogP contribution in [0.4, 0.5) is 5.69 Å². The lowest BCUT2D eigenvalue weighted by molar-refractivity contribution is 0.989. The van der Waals surface area contributed by atoms with Crippen molar-refractivity contribution in [2.24, 2.45) is 0 Å². The first-order valence-corrected chi connectivity index (χ1v) is 6.97. The molecule has 0 radical (unpaired) electrons. The lowest BCUT2D eigenvalue weighted by Gasteiger charge is -2.13. The first kappa shape index (κ1) is 12.7. The summed E-state index contributed by atoms with van der Waals surface area (Å²) in [4.78, 5) is 0. The molecule has 0 aliphatic heterocycles. The first-order valence-electron chi connectivity index (χ1n) is 5.68. The highest BCUT2D eigenvalue weighted by molar-refractivity contribution is 7.99. The number of benzene rings is 1. The molecule has 0 bridgehead atoms. The van der Waals surface area contributed by atoms with Crippen LogP contribution >= 0.6 is 11.8 Å². The Kier molecular flexibility index (Phi) is 4.00. The third kappa shape index (κ3) is 2.54. The zero-order valence-corrected chi connectivity index (χ0v) is 11.2. The molecule has 18 heavy (non-hydrogen) atoms. The Bertz CT molecular complexity index is 591. The van der Waals surface area contributed by atoms with Crippen molar-refractivity contribution < 1.29 is 0 Å². The standard InChI is InChI=1S/C13H14N4S/c1-9(18-2)8-15-13-10-5-3-4-6-11(10)16-17-12(13)7-14/h3-6,9H,8H2,1-2H3,(H,15,16). The number of hydrogen-bond acceptors (Lipinski definition) is 5. The molecular weight excluding hydrogens is 244 g/mol. The Morgan fingerprint density at radius 2 is 2.17 bits per heavy atom. The van der Waals surface area contributed by atoms with Gasteiger partial charge in [0, 0.05) is 17.2 Å². The molecule has 4 nitrogen and oxygen atoms in total. The molecule has 5 heteroatoms. The van der Waals surface area contributed by atoms with Crippen LogP contribution in [-0.2, 0) is 0 Å². The molecule has 1 aromatic heterocycles. The lowest BCUT2D eigenvalue weighted by Crippen LogP contribution is -2.14. The Morgan fingerprint density at radius 1 is 1.39 bits per heavy atom. The van der Waals surface area contributed by atoms with Crippen LogP contribution in [0.2, 0.25) is 0 Å². The van der Waals surface area contributed by atoms with Crippen molar-refractivity contribution in [3.8, 4) is 6.07 Å². The molecule has 1 heterocycles. The van der Waals surface area contributed by atoms with Crippen LogP contribution in [0.3, 0.4) is 0 Å². The summed E-state index contributed by atoms with van der Waals surface area (Å²) in [6.45, 7) is 2.94. The first-order chi connectivity index (χ1) is 8.76. The summed E-state index contributed by atoms with van der Waals surface area (Å²) in [6.07, 6.45) is 2.07. The Labute approximate surface area is 110 Å². The number of hydrogen-bond donors (Lipinski definition) is 1. The van der Waals surface area contributed by atoms with Crippen molar-refractivity contribution in [3.63, 3.8) is 0 Å². The van der Waals surface area contributed by atoms with Gasteiger partial charge < -0.3 is 5.32 Å². The minimum absolute atomic E-state index is 0.349. The van der Waals surface area contributed by atoms with Crippen LogP contribution in [0.1, 0.15) is 12.6 Å². The van der Waals surface area contributed by atoms with E-state index in [0.29, 0.717) is 10.9 Å². The Balaban J connectivity index is 2.42. The van der Waals surface area contributed by atoms with E-state index < -0.39 is 0 Å². The number of nitrogens with zero attached hydrogens (tertiary/aromatic N) is 3. The number of aromatic nitrogens is 2. The second kappa shape index (κ2) is 5.69. The highest BCUT2D eigenvalue weighted by atomic mass is 32.2. The molecule has 2 rings (SSSR count). The number of nitriles is 1. The molecule has 0 amide bonds. The second-order valence-corrected chi connectivity index (χ2v) is 5.26. The molecule has 1 atom stereocenters. The number of thioether (sulfide) groups is 1. The van der Waals surface area contributed by atoms with Gasteiger partial charge in [-0.25, -0.2) is 0 Å². The van der Waals surface area contributed by atoms with Gasteiger partial charge in [-0.15, -0.1) is 10.2 Å². The van der Waals surface area contributed by atoms with E-state index in [1.807, 2.05) is 24.3 Å². The molecule has 0 aliphatic carbocycles. The summed E-state index contributed by atoms with van der Waals surface area (Å²) in [7, 11) is 0. The molecular formula is C13H14N4S. The summed E-state index contributed by atoms with van der Waals surface area (Å²) in [6, 6.07) is 9.79. The van der Waals surface area contributed by atoms with Gasteiger partial charge in [0.1, 0.15) is 6.07 Å². The van der Waals surface area contributed by atoms with Gasteiger partial charge in [-0.3, -0.25) is 0 Å². The molecule has 1 aromatic carbocycles. The van der Waals surface area contributed by atoms with Gasteiger partial charge in [0.2, 0.25) is 0 Å².